The molecule has 0 fully saturated rings. The quantitative estimate of drug-likeness (QED) is 0.794. The van der Waals surface area contributed by atoms with Gasteiger partial charge in [0.15, 0.2) is 0 Å². The number of carbonyl (C=O) groups is 1. The highest BCUT2D eigenvalue weighted by molar-refractivity contribution is 7.08. The molecule has 0 saturated carbocycles. The Bertz CT molecular complexity index is 770. The minimum Gasteiger partial charge on any atom is -0.348 e. The van der Waals surface area contributed by atoms with Crippen molar-refractivity contribution in [1.29, 1.82) is 0 Å². The Labute approximate surface area is 131 Å². The van der Waals surface area contributed by atoms with Crippen molar-refractivity contribution in [3.05, 3.63) is 76.4 Å². The molecule has 0 atom stereocenters. The van der Waals surface area contributed by atoms with Crippen molar-refractivity contribution in [2.45, 2.75) is 6.54 Å². The van der Waals surface area contributed by atoms with Crippen LogP contribution in [0.15, 0.2) is 59.4 Å². The predicted octanol–water partition coefficient (Wildman–Crippen LogP) is 3.88. The van der Waals surface area contributed by atoms with E-state index >= 15 is 0 Å². The number of carbonyl (C=O) groups excluding carboxylic acids is 1. The van der Waals surface area contributed by atoms with E-state index in [1.807, 2.05) is 29.0 Å². The molecule has 2 aromatic heterocycles. The lowest BCUT2D eigenvalue weighted by Gasteiger charge is -2.06. The Morgan fingerprint density at radius 3 is 2.73 bits per heavy atom. The van der Waals surface area contributed by atoms with Gasteiger partial charge in [-0.05, 0) is 53.4 Å². The fourth-order valence-corrected chi connectivity index (χ4v) is 2.69. The van der Waals surface area contributed by atoms with Gasteiger partial charge in [0.05, 0.1) is 5.69 Å². The van der Waals surface area contributed by atoms with Gasteiger partial charge in [-0.3, -0.25) is 9.78 Å². The molecule has 22 heavy (non-hydrogen) atoms. The molecule has 1 amide bonds. The second-order valence-corrected chi connectivity index (χ2v) is 5.53. The molecule has 3 nitrogen and oxygen atoms in total. The standard InChI is InChI=1S/C17H13FN2OS/c18-15-3-1-13(2-4-15)17(21)20-10-12-5-7-19-16(9-12)14-6-8-22-11-14/h1-9,11H,10H2,(H,20,21). The number of halogens is 1. The third kappa shape index (κ3) is 3.38. The van der Waals surface area contributed by atoms with Crippen LogP contribution < -0.4 is 5.32 Å². The van der Waals surface area contributed by atoms with E-state index in [-0.39, 0.29) is 11.7 Å². The number of benzene rings is 1. The van der Waals surface area contributed by atoms with Crippen LogP contribution in [0.3, 0.4) is 0 Å². The molecule has 0 aliphatic rings. The average molecular weight is 312 g/mol. The van der Waals surface area contributed by atoms with Crippen LogP contribution in [-0.2, 0) is 6.54 Å². The van der Waals surface area contributed by atoms with Gasteiger partial charge >= 0.3 is 0 Å². The first-order chi connectivity index (χ1) is 10.7. The lowest BCUT2D eigenvalue weighted by molar-refractivity contribution is 0.0951. The number of nitrogens with one attached hydrogen (secondary N) is 1. The predicted molar refractivity (Wildman–Crippen MR) is 85.1 cm³/mol. The van der Waals surface area contributed by atoms with Gasteiger partial charge in [-0.1, -0.05) is 0 Å². The van der Waals surface area contributed by atoms with Crippen molar-refractivity contribution in [1.82, 2.24) is 10.3 Å². The van der Waals surface area contributed by atoms with Crippen LogP contribution in [0.25, 0.3) is 11.3 Å². The summed E-state index contributed by atoms with van der Waals surface area (Å²) in [7, 11) is 0. The SMILES string of the molecule is O=C(NCc1ccnc(-c2ccsc2)c1)c1ccc(F)cc1. The monoisotopic (exact) mass is 312 g/mol. The van der Waals surface area contributed by atoms with Gasteiger partial charge in [0.2, 0.25) is 0 Å². The fourth-order valence-electron chi connectivity index (χ4n) is 2.04. The highest BCUT2D eigenvalue weighted by atomic mass is 32.1. The highest BCUT2D eigenvalue weighted by Gasteiger charge is 2.06. The van der Waals surface area contributed by atoms with Crippen molar-refractivity contribution < 1.29 is 9.18 Å². The molecule has 110 valence electrons. The summed E-state index contributed by atoms with van der Waals surface area (Å²) in [4.78, 5) is 16.3. The summed E-state index contributed by atoms with van der Waals surface area (Å²) < 4.78 is 12.8. The lowest BCUT2D eigenvalue weighted by Crippen LogP contribution is -2.22. The zero-order chi connectivity index (χ0) is 15.4. The van der Waals surface area contributed by atoms with Crippen LogP contribution in [-0.4, -0.2) is 10.9 Å². The maximum atomic E-state index is 12.8. The van der Waals surface area contributed by atoms with Gasteiger partial charge in [0.1, 0.15) is 5.82 Å². The molecule has 5 heteroatoms. The molecule has 0 bridgehead atoms. The number of aromatic nitrogens is 1. The normalized spacial score (nSPS) is 10.4. The summed E-state index contributed by atoms with van der Waals surface area (Å²) in [6.45, 7) is 0.399. The van der Waals surface area contributed by atoms with Crippen LogP contribution in [0.5, 0.6) is 0 Å². The Morgan fingerprint density at radius 1 is 1.18 bits per heavy atom. The summed E-state index contributed by atoms with van der Waals surface area (Å²) in [6.07, 6.45) is 1.73. The third-order valence-electron chi connectivity index (χ3n) is 3.20. The number of hydrogen-bond donors (Lipinski definition) is 1. The van der Waals surface area contributed by atoms with Crippen LogP contribution in [0.2, 0.25) is 0 Å². The van der Waals surface area contributed by atoms with E-state index in [0.29, 0.717) is 12.1 Å². The molecule has 0 saturated heterocycles. The van der Waals surface area contributed by atoms with Crippen LogP contribution >= 0.6 is 11.3 Å². The zero-order valence-electron chi connectivity index (χ0n) is 11.6. The lowest BCUT2D eigenvalue weighted by atomic mass is 10.1. The highest BCUT2D eigenvalue weighted by Crippen LogP contribution is 2.20. The van der Waals surface area contributed by atoms with E-state index in [4.69, 9.17) is 0 Å². The number of pyridine rings is 1. The number of nitrogens with zero attached hydrogens (tertiary/aromatic N) is 1. The molecule has 2 heterocycles. The summed E-state index contributed by atoms with van der Waals surface area (Å²) >= 11 is 1.62. The Balaban J connectivity index is 1.67. The molecule has 0 radical (unpaired) electrons. The second kappa shape index (κ2) is 6.49. The first kappa shape index (κ1) is 14.4. The van der Waals surface area contributed by atoms with E-state index in [1.54, 1.807) is 17.5 Å². The van der Waals surface area contributed by atoms with E-state index < -0.39 is 0 Å². The summed E-state index contributed by atoms with van der Waals surface area (Å²) in [6, 6.07) is 11.3. The van der Waals surface area contributed by atoms with Gasteiger partial charge in [-0.25, -0.2) is 4.39 Å². The molecule has 3 rings (SSSR count). The van der Waals surface area contributed by atoms with Crippen LogP contribution in [0.4, 0.5) is 4.39 Å². The van der Waals surface area contributed by atoms with Crippen LogP contribution in [0, 0.1) is 5.82 Å². The number of amides is 1. The van der Waals surface area contributed by atoms with Crippen molar-refractivity contribution in [3.63, 3.8) is 0 Å². The second-order valence-electron chi connectivity index (χ2n) is 4.75. The van der Waals surface area contributed by atoms with E-state index in [1.165, 1.54) is 24.3 Å². The van der Waals surface area contributed by atoms with Crippen molar-refractivity contribution in [2.24, 2.45) is 0 Å². The molecule has 3 aromatic rings. The fraction of sp³-hybridized carbons (Fsp3) is 0.0588. The summed E-state index contributed by atoms with van der Waals surface area (Å²) in [5, 5.41) is 6.85. The summed E-state index contributed by atoms with van der Waals surface area (Å²) in [5.41, 5.74) is 3.35. The number of thiophene rings is 1. The van der Waals surface area contributed by atoms with Crippen LogP contribution in [0.1, 0.15) is 15.9 Å². The zero-order valence-corrected chi connectivity index (χ0v) is 12.4. The summed E-state index contributed by atoms with van der Waals surface area (Å²) in [5.74, 6) is -0.583. The Hall–Kier alpha value is -2.53. The minimum absolute atomic E-state index is 0.228. The maximum Gasteiger partial charge on any atom is 0.251 e. The largest absolute Gasteiger partial charge is 0.348 e. The van der Waals surface area contributed by atoms with Gasteiger partial charge in [-0.2, -0.15) is 11.3 Å². The molecular formula is C17H13FN2OS. The van der Waals surface area contributed by atoms with Crippen molar-refractivity contribution in [2.75, 3.05) is 0 Å². The van der Waals surface area contributed by atoms with Gasteiger partial charge in [0, 0.05) is 29.2 Å². The van der Waals surface area contributed by atoms with Gasteiger partial charge < -0.3 is 5.32 Å². The van der Waals surface area contributed by atoms with E-state index in [9.17, 15) is 9.18 Å². The smallest absolute Gasteiger partial charge is 0.251 e. The topological polar surface area (TPSA) is 42.0 Å². The van der Waals surface area contributed by atoms with Gasteiger partial charge in [-0.15, -0.1) is 0 Å². The minimum atomic E-state index is -0.355. The van der Waals surface area contributed by atoms with Crippen molar-refractivity contribution in [3.8, 4) is 11.3 Å². The average Bonchev–Trinajstić information content (AvgIpc) is 3.08. The number of rotatable bonds is 4. The van der Waals surface area contributed by atoms with Gasteiger partial charge in [0.25, 0.3) is 5.91 Å². The molecule has 0 unspecified atom stereocenters. The molecule has 1 N–H and O–H groups in total. The third-order valence-corrected chi connectivity index (χ3v) is 3.88. The number of hydrogen-bond acceptors (Lipinski definition) is 3. The molecular weight excluding hydrogens is 299 g/mol. The first-order valence-corrected chi connectivity index (χ1v) is 7.68. The first-order valence-electron chi connectivity index (χ1n) is 6.73. The molecule has 1 aromatic carbocycles. The Morgan fingerprint density at radius 2 is 2.00 bits per heavy atom. The molecule has 0 spiro atoms. The van der Waals surface area contributed by atoms with E-state index in [2.05, 4.69) is 10.3 Å². The van der Waals surface area contributed by atoms with E-state index in [0.717, 1.165) is 16.8 Å². The maximum absolute atomic E-state index is 12.8. The molecule has 0 aliphatic heterocycles. The Kier molecular flexibility index (Phi) is 4.25. The molecule has 0 aliphatic carbocycles. The van der Waals surface area contributed by atoms with Crippen molar-refractivity contribution >= 4 is 17.2 Å².